The molecule has 58 heavy (non-hydrogen) atoms. The Morgan fingerprint density at radius 1 is 0.362 bits per heavy atom. The summed E-state index contributed by atoms with van der Waals surface area (Å²) in [6.45, 7) is 0. The van der Waals surface area contributed by atoms with E-state index in [1.54, 1.807) is 0 Å². The number of rotatable bonds is 2. The zero-order valence-electron chi connectivity index (χ0n) is 31.6. The topological polar surface area (TPSA) is 12.5 Å². The molecule has 13 rings (SSSR count). The van der Waals surface area contributed by atoms with Crippen LogP contribution >= 0.6 is 0 Å². The van der Waals surface area contributed by atoms with E-state index in [4.69, 9.17) is 4.74 Å². The van der Waals surface area contributed by atoms with Gasteiger partial charge in [0, 0.05) is 16.8 Å². The van der Waals surface area contributed by atoms with E-state index in [1.807, 2.05) is 0 Å². The van der Waals surface area contributed by atoms with Crippen LogP contribution in [-0.2, 0) is 5.41 Å². The molecule has 270 valence electrons. The lowest BCUT2D eigenvalue weighted by Crippen LogP contribution is -2.70. The van der Waals surface area contributed by atoms with Crippen LogP contribution in [0.4, 0.5) is 17.1 Å². The van der Waals surface area contributed by atoms with E-state index in [0.717, 1.165) is 22.6 Å². The molecule has 2 spiro atoms. The van der Waals surface area contributed by atoms with Gasteiger partial charge in [0.25, 0.3) is 0 Å². The summed E-state index contributed by atoms with van der Waals surface area (Å²) in [6.07, 6.45) is 0. The van der Waals surface area contributed by atoms with Gasteiger partial charge in [-0.15, -0.1) is 0 Å². The normalized spacial score (nSPS) is 16.6. The van der Waals surface area contributed by atoms with Gasteiger partial charge in [0.15, 0.2) is 8.07 Å². The van der Waals surface area contributed by atoms with Crippen molar-refractivity contribution in [2.75, 3.05) is 4.90 Å². The highest BCUT2D eigenvalue weighted by molar-refractivity contribution is 7.24. The van der Waals surface area contributed by atoms with Crippen molar-refractivity contribution in [3.63, 3.8) is 0 Å². The van der Waals surface area contributed by atoms with Gasteiger partial charge in [0.2, 0.25) is 0 Å². The average molecular weight is 754 g/mol. The molecule has 4 aliphatic rings. The Morgan fingerprint density at radius 2 is 0.862 bits per heavy atom. The Kier molecular flexibility index (Phi) is 6.43. The van der Waals surface area contributed by atoms with Crippen LogP contribution in [0.25, 0.3) is 33.4 Å². The fourth-order valence-corrected chi connectivity index (χ4v) is 16.9. The molecular formula is C55H35NOSi. The molecule has 0 fully saturated rings. The van der Waals surface area contributed by atoms with Crippen molar-refractivity contribution in [1.29, 1.82) is 0 Å². The van der Waals surface area contributed by atoms with Crippen LogP contribution in [0.3, 0.4) is 0 Å². The number of nitrogens with zero attached hydrogens (tertiary/aromatic N) is 1. The van der Waals surface area contributed by atoms with Crippen LogP contribution in [0.5, 0.6) is 11.5 Å². The number of benzene rings is 9. The standard InChI is InChI=1S/C55H35NOSi/c1-2-17-36(18-3-1)38-21-16-32-52-54(38)41-20-5-15-31-51(41)58(52)50-30-14-4-19-39(50)40-34-33-37(35-53(40)58)56-46-26-10-6-22-42(46)55(43-23-7-11-27-47(43)56)44-24-8-12-28-48(44)57-49-29-13-9-25-45(49)55/h1-35H. The van der Waals surface area contributed by atoms with Crippen molar-refractivity contribution in [1.82, 2.24) is 0 Å². The second kappa shape index (κ2) is 11.7. The number of hydrogen-bond donors (Lipinski definition) is 0. The smallest absolute Gasteiger partial charge is 0.182 e. The summed E-state index contributed by atoms with van der Waals surface area (Å²) in [5.74, 6) is 1.80. The highest BCUT2D eigenvalue weighted by Gasteiger charge is 2.55. The van der Waals surface area contributed by atoms with Crippen molar-refractivity contribution in [2.45, 2.75) is 5.41 Å². The first-order valence-electron chi connectivity index (χ1n) is 20.2. The molecule has 0 N–H and O–H groups in total. The van der Waals surface area contributed by atoms with Gasteiger partial charge in [-0.25, -0.2) is 0 Å². The van der Waals surface area contributed by atoms with Crippen LogP contribution in [-0.4, -0.2) is 8.07 Å². The molecule has 0 saturated carbocycles. The second-order valence-corrected chi connectivity index (χ2v) is 19.5. The molecule has 0 saturated heterocycles. The maximum Gasteiger partial charge on any atom is 0.182 e. The zero-order valence-corrected chi connectivity index (χ0v) is 32.6. The molecule has 0 amide bonds. The summed E-state index contributed by atoms with van der Waals surface area (Å²) < 4.78 is 6.67. The molecule has 2 nitrogen and oxygen atoms in total. The van der Waals surface area contributed by atoms with Gasteiger partial charge in [-0.05, 0) is 102 Å². The summed E-state index contributed by atoms with van der Waals surface area (Å²) in [6, 6.07) is 79.2. The molecule has 0 radical (unpaired) electrons. The Labute approximate surface area is 338 Å². The molecule has 0 aromatic heterocycles. The largest absolute Gasteiger partial charge is 0.457 e. The lowest BCUT2D eigenvalue weighted by Gasteiger charge is -2.48. The minimum atomic E-state index is -2.77. The average Bonchev–Trinajstić information content (AvgIpc) is 3.76. The molecule has 9 aromatic carbocycles. The minimum absolute atomic E-state index is 0.574. The highest BCUT2D eigenvalue weighted by Crippen LogP contribution is 2.62. The predicted octanol–water partition coefficient (Wildman–Crippen LogP) is 11.0. The third kappa shape index (κ3) is 3.87. The van der Waals surface area contributed by atoms with Crippen LogP contribution < -0.4 is 30.4 Å². The van der Waals surface area contributed by atoms with Crippen LogP contribution in [0.2, 0.25) is 0 Å². The summed E-state index contributed by atoms with van der Waals surface area (Å²) in [5, 5.41) is 5.89. The summed E-state index contributed by atoms with van der Waals surface area (Å²) >= 11 is 0. The summed E-state index contributed by atoms with van der Waals surface area (Å²) in [5.41, 5.74) is 15.8. The molecule has 1 atom stereocenters. The van der Waals surface area contributed by atoms with E-state index in [1.165, 1.54) is 82.3 Å². The zero-order chi connectivity index (χ0) is 38.0. The van der Waals surface area contributed by atoms with Gasteiger partial charge >= 0.3 is 0 Å². The Balaban J connectivity index is 1.10. The summed E-state index contributed by atoms with van der Waals surface area (Å²) in [4.78, 5) is 2.53. The maximum atomic E-state index is 6.67. The van der Waals surface area contributed by atoms with Crippen molar-refractivity contribution >= 4 is 45.9 Å². The SMILES string of the molecule is c1ccc(-c2cccc3c2-c2ccccc2[Si]32c3ccccc3-c3ccc(N4c5ccccc5C5(c6ccccc6Oc6ccccc65)c5ccccc54)cc32)cc1. The van der Waals surface area contributed by atoms with Crippen molar-refractivity contribution in [3.05, 3.63) is 235 Å². The maximum absolute atomic E-state index is 6.67. The predicted molar refractivity (Wildman–Crippen MR) is 240 cm³/mol. The fraction of sp³-hybridized carbons (Fsp3) is 0.0182. The third-order valence-electron chi connectivity index (χ3n) is 13.3. The second-order valence-electron chi connectivity index (χ2n) is 15.9. The first-order valence-corrected chi connectivity index (χ1v) is 22.2. The third-order valence-corrected chi connectivity index (χ3v) is 18.3. The molecule has 0 aliphatic carbocycles. The van der Waals surface area contributed by atoms with Crippen LogP contribution in [0, 0.1) is 0 Å². The van der Waals surface area contributed by atoms with E-state index in [2.05, 4.69) is 217 Å². The molecule has 3 heteroatoms. The highest BCUT2D eigenvalue weighted by atomic mass is 28.3. The lowest BCUT2D eigenvalue weighted by atomic mass is 9.61. The van der Waals surface area contributed by atoms with E-state index in [0.29, 0.717) is 0 Å². The van der Waals surface area contributed by atoms with E-state index >= 15 is 0 Å². The van der Waals surface area contributed by atoms with E-state index in [9.17, 15) is 0 Å². The van der Waals surface area contributed by atoms with Gasteiger partial charge in [0.1, 0.15) is 11.5 Å². The van der Waals surface area contributed by atoms with Gasteiger partial charge in [-0.2, -0.15) is 0 Å². The summed E-state index contributed by atoms with van der Waals surface area (Å²) in [7, 11) is -2.77. The molecular weight excluding hydrogens is 719 g/mol. The first kappa shape index (κ1) is 31.9. The van der Waals surface area contributed by atoms with Crippen LogP contribution in [0.15, 0.2) is 212 Å². The molecule has 0 bridgehead atoms. The number of fused-ring (bicyclic) bond motifs is 18. The van der Waals surface area contributed by atoms with E-state index in [-0.39, 0.29) is 0 Å². The molecule has 4 heterocycles. The lowest BCUT2D eigenvalue weighted by molar-refractivity contribution is 0.434. The number of anilines is 3. The quantitative estimate of drug-likeness (QED) is 0.163. The van der Waals surface area contributed by atoms with Gasteiger partial charge in [-0.1, -0.05) is 176 Å². The number of ether oxygens (including phenoxy) is 1. The van der Waals surface area contributed by atoms with E-state index < -0.39 is 13.5 Å². The van der Waals surface area contributed by atoms with Gasteiger partial charge < -0.3 is 9.64 Å². The van der Waals surface area contributed by atoms with Crippen LogP contribution in [0.1, 0.15) is 22.3 Å². The van der Waals surface area contributed by atoms with Gasteiger partial charge in [0.05, 0.1) is 16.8 Å². The fourth-order valence-electron chi connectivity index (χ4n) is 11.3. The van der Waals surface area contributed by atoms with Crippen molar-refractivity contribution in [3.8, 4) is 44.9 Å². The Hall–Kier alpha value is -7.20. The monoisotopic (exact) mass is 753 g/mol. The van der Waals surface area contributed by atoms with Crippen molar-refractivity contribution < 1.29 is 4.74 Å². The molecule has 9 aromatic rings. The minimum Gasteiger partial charge on any atom is -0.457 e. The molecule has 4 aliphatic heterocycles. The molecule has 1 unspecified atom stereocenters. The number of para-hydroxylation sites is 4. The Morgan fingerprint density at radius 3 is 1.55 bits per heavy atom. The van der Waals surface area contributed by atoms with Crippen molar-refractivity contribution in [2.24, 2.45) is 0 Å². The first-order chi connectivity index (χ1) is 28.8. The van der Waals surface area contributed by atoms with Gasteiger partial charge in [-0.3, -0.25) is 0 Å². The number of hydrogen-bond acceptors (Lipinski definition) is 2. The Bertz CT molecular complexity index is 3090.